The van der Waals surface area contributed by atoms with Crippen molar-refractivity contribution in [1.82, 2.24) is 9.88 Å². The van der Waals surface area contributed by atoms with Gasteiger partial charge >= 0.3 is 0 Å². The molecule has 28 heavy (non-hydrogen) atoms. The summed E-state index contributed by atoms with van der Waals surface area (Å²) in [5.41, 5.74) is 0.151. The van der Waals surface area contributed by atoms with Crippen LogP contribution in [0, 0.1) is 22.9 Å². The summed E-state index contributed by atoms with van der Waals surface area (Å²) in [6, 6.07) is 2.06. The van der Waals surface area contributed by atoms with Gasteiger partial charge < -0.3 is 4.74 Å². The number of hydrogen-bond acceptors (Lipinski definition) is 7. The van der Waals surface area contributed by atoms with E-state index in [4.69, 9.17) is 4.74 Å². The van der Waals surface area contributed by atoms with Crippen molar-refractivity contribution in [3.8, 4) is 0 Å². The van der Waals surface area contributed by atoms with Gasteiger partial charge in [0, 0.05) is 36.6 Å². The molecule has 2 heterocycles. The smallest absolute Gasteiger partial charge is 0.276 e. The number of benzene rings is 1. The van der Waals surface area contributed by atoms with Gasteiger partial charge in [0.25, 0.3) is 11.6 Å². The fraction of sp³-hybridized carbons (Fsp3) is 0.444. The largest absolute Gasteiger partial charge is 0.373 e. The lowest BCUT2D eigenvalue weighted by Gasteiger charge is -2.34. The zero-order valence-corrected chi connectivity index (χ0v) is 16.6. The van der Waals surface area contributed by atoms with Gasteiger partial charge in [-0.2, -0.15) is 0 Å². The third kappa shape index (κ3) is 4.70. The number of carbonyl (C=O) groups is 1. The van der Waals surface area contributed by atoms with E-state index in [2.05, 4.69) is 15.2 Å². The molecule has 1 fully saturated rings. The minimum absolute atomic E-state index is 0.105. The molecule has 1 aromatic heterocycles. The van der Waals surface area contributed by atoms with Crippen molar-refractivity contribution in [2.75, 3.05) is 18.4 Å². The lowest BCUT2D eigenvalue weighted by atomic mass is 10.1. The summed E-state index contributed by atoms with van der Waals surface area (Å²) in [4.78, 5) is 29.3. The third-order valence-corrected chi connectivity index (χ3v) is 5.24. The number of nitrogens with zero attached hydrogens (tertiary/aromatic N) is 3. The fourth-order valence-electron chi connectivity index (χ4n) is 3.23. The summed E-state index contributed by atoms with van der Waals surface area (Å²) in [6.07, 6.45) is 0.294. The van der Waals surface area contributed by atoms with E-state index in [0.29, 0.717) is 11.7 Å². The van der Waals surface area contributed by atoms with Gasteiger partial charge in [-0.15, -0.1) is 11.3 Å². The number of nitro groups is 1. The molecule has 8 nitrogen and oxygen atoms in total. The van der Waals surface area contributed by atoms with Gasteiger partial charge in [-0.1, -0.05) is 0 Å². The van der Waals surface area contributed by atoms with Crippen LogP contribution in [0.3, 0.4) is 0 Å². The molecule has 1 aliphatic heterocycles. The highest BCUT2D eigenvalue weighted by Crippen LogP contribution is 2.24. The van der Waals surface area contributed by atoms with Crippen LogP contribution in [-0.2, 0) is 11.3 Å². The van der Waals surface area contributed by atoms with E-state index in [9.17, 15) is 19.3 Å². The van der Waals surface area contributed by atoms with Crippen LogP contribution in [0.2, 0.25) is 0 Å². The van der Waals surface area contributed by atoms with Crippen LogP contribution in [0.25, 0.3) is 0 Å². The molecule has 150 valence electrons. The molecule has 2 atom stereocenters. The van der Waals surface area contributed by atoms with E-state index in [1.807, 2.05) is 19.2 Å². The number of hydrogen-bond donors (Lipinski definition) is 1. The Balaban J connectivity index is 1.68. The fourth-order valence-corrected chi connectivity index (χ4v) is 3.93. The first-order valence-corrected chi connectivity index (χ1v) is 9.69. The topological polar surface area (TPSA) is 97.6 Å². The number of rotatable bonds is 5. The van der Waals surface area contributed by atoms with Crippen LogP contribution >= 0.6 is 11.3 Å². The second-order valence-corrected chi connectivity index (χ2v) is 7.77. The average molecular weight is 408 g/mol. The molecule has 0 aliphatic carbocycles. The second-order valence-electron chi connectivity index (χ2n) is 6.91. The molecule has 0 saturated carbocycles. The van der Waals surface area contributed by atoms with Crippen molar-refractivity contribution in [2.45, 2.75) is 39.5 Å². The van der Waals surface area contributed by atoms with Crippen molar-refractivity contribution in [3.05, 3.63) is 50.3 Å². The molecule has 1 aliphatic rings. The van der Waals surface area contributed by atoms with Gasteiger partial charge in [-0.25, -0.2) is 9.37 Å². The molecule has 2 aromatic rings. The molecule has 1 aromatic carbocycles. The van der Waals surface area contributed by atoms with Gasteiger partial charge in [-0.05, 0) is 26.8 Å². The Morgan fingerprint density at radius 1 is 1.43 bits per heavy atom. The predicted molar refractivity (Wildman–Crippen MR) is 103 cm³/mol. The van der Waals surface area contributed by atoms with E-state index < -0.39 is 22.3 Å². The minimum atomic E-state index is -0.797. The van der Waals surface area contributed by atoms with Crippen LogP contribution in [0.4, 0.5) is 15.2 Å². The number of amides is 1. The van der Waals surface area contributed by atoms with E-state index in [1.54, 1.807) is 0 Å². The lowest BCUT2D eigenvalue weighted by molar-refractivity contribution is -0.385. The predicted octanol–water partition coefficient (Wildman–Crippen LogP) is 3.36. The normalized spacial score (nSPS) is 20.1. The van der Waals surface area contributed by atoms with Crippen LogP contribution in [0.1, 0.15) is 35.5 Å². The van der Waals surface area contributed by atoms with E-state index in [-0.39, 0.29) is 23.3 Å². The van der Waals surface area contributed by atoms with Gasteiger partial charge in [0.15, 0.2) is 5.13 Å². The van der Waals surface area contributed by atoms with Gasteiger partial charge in [0.1, 0.15) is 5.82 Å². The maximum absolute atomic E-state index is 13.9. The number of halogens is 1. The first-order valence-electron chi connectivity index (χ1n) is 8.81. The van der Waals surface area contributed by atoms with Crippen molar-refractivity contribution in [3.63, 3.8) is 0 Å². The number of aromatic nitrogens is 1. The second kappa shape index (κ2) is 8.29. The summed E-state index contributed by atoms with van der Waals surface area (Å²) in [6.45, 7) is 7.58. The molecule has 3 rings (SSSR count). The molecular formula is C18H21FN4O4S. The first kappa shape index (κ1) is 20.3. The first-order chi connectivity index (χ1) is 13.2. The molecule has 0 radical (unpaired) electrons. The van der Waals surface area contributed by atoms with Crippen LogP contribution in [-0.4, -0.2) is 46.0 Å². The Morgan fingerprint density at radius 2 is 2.11 bits per heavy atom. The van der Waals surface area contributed by atoms with E-state index in [0.717, 1.165) is 30.9 Å². The number of ether oxygens (including phenoxy) is 1. The molecule has 10 heteroatoms. The summed E-state index contributed by atoms with van der Waals surface area (Å²) in [5.74, 6) is -1.44. The molecule has 1 N–H and O–H groups in total. The quantitative estimate of drug-likeness (QED) is 0.602. The van der Waals surface area contributed by atoms with Crippen molar-refractivity contribution in [2.24, 2.45) is 0 Å². The van der Waals surface area contributed by atoms with Crippen molar-refractivity contribution < 1.29 is 18.8 Å². The lowest BCUT2D eigenvalue weighted by Crippen LogP contribution is -2.44. The third-order valence-electron chi connectivity index (χ3n) is 4.43. The Labute approximate surface area is 165 Å². The van der Waals surface area contributed by atoms with Crippen LogP contribution in [0.15, 0.2) is 17.5 Å². The maximum Gasteiger partial charge on any atom is 0.276 e. The average Bonchev–Trinajstić information content (AvgIpc) is 3.02. The van der Waals surface area contributed by atoms with Gasteiger partial charge in [-0.3, -0.25) is 25.1 Å². The zero-order valence-electron chi connectivity index (χ0n) is 15.8. The van der Waals surface area contributed by atoms with Crippen LogP contribution < -0.4 is 5.32 Å². The SMILES string of the molecule is Cc1c(F)cc(C(=O)Nc2nc(CN3CC(C)OC(C)C3)cs2)cc1[N+](=O)[O-]. The zero-order chi connectivity index (χ0) is 20.4. The standard InChI is InChI=1S/C18H21FN4O4S/c1-10-6-22(7-11(2)27-10)8-14-9-28-18(20-14)21-17(24)13-4-15(19)12(3)16(5-13)23(25)26/h4-5,9-11H,6-8H2,1-3H3,(H,20,21,24). The Bertz CT molecular complexity index is 894. The number of anilines is 1. The Kier molecular flexibility index (Phi) is 6.01. The minimum Gasteiger partial charge on any atom is -0.373 e. The summed E-state index contributed by atoms with van der Waals surface area (Å²) in [7, 11) is 0. The number of carbonyl (C=O) groups excluding carboxylic acids is 1. The highest BCUT2D eigenvalue weighted by Gasteiger charge is 2.23. The van der Waals surface area contributed by atoms with Gasteiger partial charge in [0.05, 0.1) is 28.4 Å². The summed E-state index contributed by atoms with van der Waals surface area (Å²) in [5, 5.41) is 15.8. The van der Waals surface area contributed by atoms with Crippen molar-refractivity contribution in [1.29, 1.82) is 0 Å². The van der Waals surface area contributed by atoms with E-state index in [1.165, 1.54) is 18.3 Å². The summed E-state index contributed by atoms with van der Waals surface area (Å²) >= 11 is 1.25. The number of thiazole rings is 1. The highest BCUT2D eigenvalue weighted by molar-refractivity contribution is 7.13. The molecule has 1 amide bonds. The monoisotopic (exact) mass is 408 g/mol. The van der Waals surface area contributed by atoms with Gasteiger partial charge in [0.2, 0.25) is 0 Å². The van der Waals surface area contributed by atoms with Crippen molar-refractivity contribution >= 4 is 28.1 Å². The number of morpholine rings is 1. The molecule has 2 unspecified atom stereocenters. The molecule has 0 spiro atoms. The summed E-state index contributed by atoms with van der Waals surface area (Å²) < 4.78 is 19.6. The Hall–Kier alpha value is -2.43. The molecule has 1 saturated heterocycles. The molecule has 0 bridgehead atoms. The number of nitro benzene ring substituents is 1. The van der Waals surface area contributed by atoms with Crippen LogP contribution in [0.5, 0.6) is 0 Å². The maximum atomic E-state index is 13.9. The Morgan fingerprint density at radius 3 is 2.75 bits per heavy atom. The molecular weight excluding hydrogens is 387 g/mol. The highest BCUT2D eigenvalue weighted by atomic mass is 32.1. The number of nitrogens with one attached hydrogen (secondary N) is 1. The van der Waals surface area contributed by atoms with E-state index >= 15 is 0 Å².